The van der Waals surface area contributed by atoms with Crippen LogP contribution in [0.5, 0.6) is 0 Å². The number of anilines is 1. The monoisotopic (exact) mass is 292 g/mol. The molecule has 4 nitrogen and oxygen atoms in total. The molecule has 2 aromatic carbocycles. The second-order valence-corrected chi connectivity index (χ2v) is 5.78. The van der Waals surface area contributed by atoms with Crippen LogP contribution in [-0.2, 0) is 0 Å². The van der Waals surface area contributed by atoms with Gasteiger partial charge in [-0.05, 0) is 36.4 Å². The van der Waals surface area contributed by atoms with Crippen molar-refractivity contribution in [2.45, 2.75) is 10.1 Å². The molecule has 102 valence electrons. The summed E-state index contributed by atoms with van der Waals surface area (Å²) in [6.45, 7) is 0. The van der Waals surface area contributed by atoms with Crippen LogP contribution in [0.25, 0.3) is 21.9 Å². The third kappa shape index (κ3) is 2.21. The van der Waals surface area contributed by atoms with Crippen molar-refractivity contribution in [2.24, 2.45) is 0 Å². The molecule has 5 heteroatoms. The molecular weight excluding hydrogens is 280 g/mol. The third-order valence-electron chi connectivity index (χ3n) is 3.30. The summed E-state index contributed by atoms with van der Waals surface area (Å²) in [7, 11) is 0. The summed E-state index contributed by atoms with van der Waals surface area (Å²) >= 11 is 1.60. The minimum absolute atomic E-state index is 0.723. The lowest BCUT2D eigenvalue weighted by atomic mass is 10.2. The zero-order valence-electron chi connectivity index (χ0n) is 11.1. The maximum Gasteiger partial charge on any atom is 0.171 e. The van der Waals surface area contributed by atoms with Crippen LogP contribution in [0.3, 0.4) is 0 Å². The van der Waals surface area contributed by atoms with Crippen LogP contribution in [0.2, 0.25) is 0 Å². The Morgan fingerprint density at radius 2 is 1.90 bits per heavy atom. The van der Waals surface area contributed by atoms with E-state index in [-0.39, 0.29) is 0 Å². The van der Waals surface area contributed by atoms with Gasteiger partial charge in [-0.2, -0.15) is 0 Å². The van der Waals surface area contributed by atoms with Crippen molar-refractivity contribution >= 4 is 39.4 Å². The molecule has 21 heavy (non-hydrogen) atoms. The number of para-hydroxylation sites is 2. The van der Waals surface area contributed by atoms with Crippen LogP contribution in [0.15, 0.2) is 64.8 Å². The smallest absolute Gasteiger partial charge is 0.171 e. The summed E-state index contributed by atoms with van der Waals surface area (Å²) in [6.07, 6.45) is 1.80. The Bertz CT molecular complexity index is 912. The molecule has 0 aliphatic heterocycles. The van der Waals surface area contributed by atoms with Gasteiger partial charge in [-0.1, -0.05) is 23.9 Å². The van der Waals surface area contributed by atoms with E-state index in [1.165, 1.54) is 0 Å². The Labute approximate surface area is 125 Å². The highest BCUT2D eigenvalue weighted by molar-refractivity contribution is 7.99. The van der Waals surface area contributed by atoms with E-state index in [4.69, 9.17) is 5.73 Å². The van der Waals surface area contributed by atoms with Crippen molar-refractivity contribution in [3.63, 3.8) is 0 Å². The van der Waals surface area contributed by atoms with Gasteiger partial charge in [0.25, 0.3) is 0 Å². The number of benzene rings is 2. The first kappa shape index (κ1) is 12.2. The molecule has 0 radical (unpaired) electrons. The average Bonchev–Trinajstić information content (AvgIpc) is 2.89. The zero-order valence-corrected chi connectivity index (χ0v) is 11.9. The maximum atomic E-state index is 5.81. The van der Waals surface area contributed by atoms with Gasteiger partial charge >= 0.3 is 0 Å². The quantitative estimate of drug-likeness (QED) is 0.551. The fourth-order valence-corrected chi connectivity index (χ4v) is 3.23. The number of rotatable bonds is 2. The number of imidazole rings is 1. The molecule has 0 saturated heterocycles. The van der Waals surface area contributed by atoms with Gasteiger partial charge in [0.2, 0.25) is 0 Å². The summed E-state index contributed by atoms with van der Waals surface area (Å²) in [5.41, 5.74) is 9.45. The molecule has 4 aromatic rings. The van der Waals surface area contributed by atoms with E-state index >= 15 is 0 Å². The lowest BCUT2D eigenvalue weighted by molar-refractivity contribution is 1.08. The topological polar surface area (TPSA) is 67.6 Å². The Morgan fingerprint density at radius 3 is 2.81 bits per heavy atom. The number of nitrogens with zero attached hydrogens (tertiary/aromatic N) is 2. The van der Waals surface area contributed by atoms with Crippen LogP contribution in [0, 0.1) is 0 Å². The molecule has 2 heterocycles. The molecule has 0 spiro atoms. The Morgan fingerprint density at radius 1 is 1.00 bits per heavy atom. The van der Waals surface area contributed by atoms with E-state index in [1.807, 2.05) is 48.5 Å². The number of nitrogens with one attached hydrogen (secondary N) is 1. The Balaban J connectivity index is 1.80. The molecule has 0 atom stereocenters. The fraction of sp³-hybridized carbons (Fsp3) is 0. The van der Waals surface area contributed by atoms with Crippen molar-refractivity contribution in [1.82, 2.24) is 15.0 Å². The van der Waals surface area contributed by atoms with Gasteiger partial charge in [0.1, 0.15) is 0 Å². The molecule has 0 saturated carbocycles. The van der Waals surface area contributed by atoms with Gasteiger partial charge in [0.15, 0.2) is 5.16 Å². The lowest BCUT2D eigenvalue weighted by Gasteiger charge is -2.04. The number of hydrogen-bond acceptors (Lipinski definition) is 4. The van der Waals surface area contributed by atoms with Gasteiger partial charge < -0.3 is 10.7 Å². The molecule has 0 amide bonds. The van der Waals surface area contributed by atoms with Gasteiger partial charge in [-0.15, -0.1) is 0 Å². The zero-order chi connectivity index (χ0) is 14.2. The van der Waals surface area contributed by atoms with Crippen LogP contribution in [-0.4, -0.2) is 15.0 Å². The van der Waals surface area contributed by atoms with Crippen molar-refractivity contribution < 1.29 is 0 Å². The first-order valence-electron chi connectivity index (χ1n) is 6.56. The van der Waals surface area contributed by atoms with Crippen LogP contribution >= 0.6 is 11.8 Å². The number of nitrogens with two attached hydrogens (primary N) is 1. The number of aromatic nitrogens is 3. The number of fused-ring (bicyclic) bond motifs is 2. The fourth-order valence-electron chi connectivity index (χ4n) is 2.31. The Kier molecular flexibility index (Phi) is 2.79. The normalized spacial score (nSPS) is 11.2. The SMILES string of the molecule is Nc1ccc2c(Sc3nc4ccccc4[nH]3)ccnc2c1. The first-order valence-corrected chi connectivity index (χ1v) is 7.38. The molecule has 0 aliphatic carbocycles. The molecule has 3 N–H and O–H groups in total. The molecule has 0 unspecified atom stereocenters. The highest BCUT2D eigenvalue weighted by Gasteiger charge is 2.08. The number of hydrogen-bond donors (Lipinski definition) is 2. The maximum absolute atomic E-state index is 5.81. The second-order valence-electron chi connectivity index (χ2n) is 4.75. The van der Waals surface area contributed by atoms with E-state index in [9.17, 15) is 0 Å². The average molecular weight is 292 g/mol. The molecule has 0 fully saturated rings. The molecule has 0 aliphatic rings. The van der Waals surface area contributed by atoms with Crippen LogP contribution in [0.1, 0.15) is 0 Å². The van der Waals surface area contributed by atoms with Gasteiger partial charge in [0.05, 0.1) is 16.6 Å². The van der Waals surface area contributed by atoms with Crippen molar-refractivity contribution in [1.29, 1.82) is 0 Å². The number of aromatic amines is 1. The number of pyridine rings is 1. The summed E-state index contributed by atoms with van der Waals surface area (Å²) in [5, 5.41) is 1.96. The highest BCUT2D eigenvalue weighted by atomic mass is 32.2. The van der Waals surface area contributed by atoms with Gasteiger partial charge in [-0.3, -0.25) is 4.98 Å². The minimum atomic E-state index is 0.723. The minimum Gasteiger partial charge on any atom is -0.399 e. The number of H-pyrrole nitrogens is 1. The Hall–Kier alpha value is -2.53. The third-order valence-corrected chi connectivity index (χ3v) is 4.26. The molecule has 4 rings (SSSR count). The summed E-state index contributed by atoms with van der Waals surface area (Å²) in [5.74, 6) is 0. The van der Waals surface area contributed by atoms with Crippen molar-refractivity contribution in [3.8, 4) is 0 Å². The van der Waals surface area contributed by atoms with Crippen molar-refractivity contribution in [3.05, 3.63) is 54.7 Å². The standard InChI is InChI=1S/C16H12N4S/c17-10-5-6-11-14(9-10)18-8-7-15(11)21-16-19-12-3-1-2-4-13(12)20-16/h1-9H,17H2,(H,19,20). The second kappa shape index (κ2) is 4.79. The lowest BCUT2D eigenvalue weighted by Crippen LogP contribution is -1.87. The summed E-state index contributed by atoms with van der Waals surface area (Å²) in [6, 6.07) is 15.8. The summed E-state index contributed by atoms with van der Waals surface area (Å²) in [4.78, 5) is 13.4. The summed E-state index contributed by atoms with van der Waals surface area (Å²) < 4.78 is 0. The van der Waals surface area contributed by atoms with Gasteiger partial charge in [0, 0.05) is 22.2 Å². The number of nitrogen functional groups attached to an aromatic ring is 1. The first-order chi connectivity index (χ1) is 10.3. The van der Waals surface area contributed by atoms with Gasteiger partial charge in [-0.25, -0.2) is 4.98 Å². The van der Waals surface area contributed by atoms with E-state index in [2.05, 4.69) is 15.0 Å². The van der Waals surface area contributed by atoms with Crippen LogP contribution in [0.4, 0.5) is 5.69 Å². The van der Waals surface area contributed by atoms with Crippen LogP contribution < -0.4 is 5.73 Å². The molecule has 0 bridgehead atoms. The van der Waals surface area contributed by atoms with E-state index in [0.717, 1.165) is 37.7 Å². The van der Waals surface area contributed by atoms with E-state index in [0.29, 0.717) is 0 Å². The van der Waals surface area contributed by atoms with E-state index < -0.39 is 0 Å². The van der Waals surface area contributed by atoms with E-state index in [1.54, 1.807) is 18.0 Å². The largest absolute Gasteiger partial charge is 0.399 e. The highest BCUT2D eigenvalue weighted by Crippen LogP contribution is 2.32. The predicted octanol–water partition coefficient (Wildman–Crippen LogP) is 3.84. The predicted molar refractivity (Wildman–Crippen MR) is 86.4 cm³/mol. The molecular formula is C16H12N4S. The molecule has 2 aromatic heterocycles. The van der Waals surface area contributed by atoms with Crippen molar-refractivity contribution in [2.75, 3.05) is 5.73 Å².